The van der Waals surface area contributed by atoms with Crippen LogP contribution in [0.15, 0.2) is 23.5 Å². The Balaban J connectivity index is 2.17. The predicted octanol–water partition coefficient (Wildman–Crippen LogP) is 0.707. The molecule has 1 aliphatic rings. The summed E-state index contributed by atoms with van der Waals surface area (Å²) in [5.74, 6) is 0.0372. The van der Waals surface area contributed by atoms with E-state index in [9.17, 15) is 0 Å². The zero-order valence-corrected chi connectivity index (χ0v) is 11.5. The van der Waals surface area contributed by atoms with Crippen LogP contribution in [0.25, 0.3) is 0 Å². The van der Waals surface area contributed by atoms with Gasteiger partial charge in [0.15, 0.2) is 5.84 Å². The highest BCUT2D eigenvalue weighted by atomic mass is 16.4. The second-order valence-corrected chi connectivity index (χ2v) is 5.05. The Hall–Kier alpha value is -1.82. The lowest BCUT2D eigenvalue weighted by Gasteiger charge is -2.29. The molecule has 1 atom stereocenters. The highest BCUT2D eigenvalue weighted by Gasteiger charge is 2.20. The van der Waals surface area contributed by atoms with Crippen molar-refractivity contribution in [2.75, 3.05) is 31.6 Å². The van der Waals surface area contributed by atoms with Gasteiger partial charge in [-0.15, -0.1) is 0 Å². The summed E-state index contributed by atoms with van der Waals surface area (Å²) in [7, 11) is 2.15. The Labute approximate surface area is 113 Å². The van der Waals surface area contributed by atoms with Crippen molar-refractivity contribution in [3.63, 3.8) is 0 Å². The molecule has 1 fully saturated rings. The van der Waals surface area contributed by atoms with Gasteiger partial charge in [-0.1, -0.05) is 5.16 Å². The van der Waals surface area contributed by atoms with Gasteiger partial charge in [0.05, 0.1) is 11.9 Å². The first kappa shape index (κ1) is 13.6. The van der Waals surface area contributed by atoms with E-state index in [0.717, 1.165) is 31.7 Å². The quantitative estimate of drug-likeness (QED) is 0.355. The highest BCUT2D eigenvalue weighted by molar-refractivity contribution is 5.95. The standard InChI is InChI=1S/C13H21N5O/c1-10-9-17(2)6-3-7-18(10)11-4-5-12(15-8-11)13(14)16-19/h4-5,8,10,19H,3,6-7,9H2,1-2H3,(H2,14,16). The van der Waals surface area contributed by atoms with Gasteiger partial charge >= 0.3 is 0 Å². The van der Waals surface area contributed by atoms with Crippen molar-refractivity contribution in [2.24, 2.45) is 10.9 Å². The van der Waals surface area contributed by atoms with Crippen LogP contribution in [-0.2, 0) is 0 Å². The number of rotatable bonds is 2. The van der Waals surface area contributed by atoms with Gasteiger partial charge in [0.1, 0.15) is 5.69 Å². The van der Waals surface area contributed by atoms with E-state index in [1.54, 1.807) is 12.3 Å². The van der Waals surface area contributed by atoms with E-state index in [4.69, 9.17) is 10.9 Å². The van der Waals surface area contributed by atoms with E-state index in [1.807, 2.05) is 6.07 Å². The molecule has 1 unspecified atom stereocenters. The molecule has 19 heavy (non-hydrogen) atoms. The third-order valence-electron chi connectivity index (χ3n) is 3.50. The van der Waals surface area contributed by atoms with Crippen LogP contribution in [0.2, 0.25) is 0 Å². The van der Waals surface area contributed by atoms with E-state index in [1.165, 1.54) is 0 Å². The predicted molar refractivity (Wildman–Crippen MR) is 75.7 cm³/mol. The second kappa shape index (κ2) is 5.88. The lowest BCUT2D eigenvalue weighted by molar-refractivity contribution is 0.318. The van der Waals surface area contributed by atoms with Crippen molar-refractivity contribution >= 4 is 11.5 Å². The SMILES string of the molecule is CC1CN(C)CCCN1c1ccc(/C(N)=N/O)nc1. The molecule has 0 amide bonds. The maximum atomic E-state index is 8.62. The van der Waals surface area contributed by atoms with Crippen LogP contribution in [0.3, 0.4) is 0 Å². The zero-order chi connectivity index (χ0) is 13.8. The number of nitrogens with zero attached hydrogens (tertiary/aromatic N) is 4. The minimum absolute atomic E-state index is 0.0372. The first-order valence-corrected chi connectivity index (χ1v) is 6.51. The van der Waals surface area contributed by atoms with Gasteiger partial charge in [0.25, 0.3) is 0 Å². The Bertz CT molecular complexity index is 445. The third-order valence-corrected chi connectivity index (χ3v) is 3.50. The van der Waals surface area contributed by atoms with Gasteiger partial charge in [-0.25, -0.2) is 0 Å². The number of hydrogen-bond donors (Lipinski definition) is 2. The molecule has 0 saturated carbocycles. The summed E-state index contributed by atoms with van der Waals surface area (Å²) < 4.78 is 0. The normalized spacial score (nSPS) is 22.3. The number of aromatic nitrogens is 1. The Morgan fingerprint density at radius 2 is 2.26 bits per heavy atom. The van der Waals surface area contributed by atoms with Crippen molar-refractivity contribution in [1.82, 2.24) is 9.88 Å². The van der Waals surface area contributed by atoms with Crippen LogP contribution < -0.4 is 10.6 Å². The number of anilines is 1. The summed E-state index contributed by atoms with van der Waals surface area (Å²) in [5.41, 5.74) is 7.08. The average molecular weight is 263 g/mol. The molecule has 2 rings (SSSR count). The summed E-state index contributed by atoms with van der Waals surface area (Å²) in [4.78, 5) is 8.94. The van der Waals surface area contributed by atoms with Gasteiger partial charge in [0, 0.05) is 19.1 Å². The number of likely N-dealkylation sites (N-methyl/N-ethyl adjacent to an activating group) is 1. The van der Waals surface area contributed by atoms with E-state index in [0.29, 0.717) is 11.7 Å². The maximum Gasteiger partial charge on any atom is 0.188 e. The molecule has 1 aromatic heterocycles. The summed E-state index contributed by atoms with van der Waals surface area (Å²) in [6.07, 6.45) is 2.93. The van der Waals surface area contributed by atoms with Crippen LogP contribution >= 0.6 is 0 Å². The van der Waals surface area contributed by atoms with Crippen LogP contribution in [0.1, 0.15) is 19.0 Å². The lowest BCUT2D eigenvalue weighted by Crippen LogP contribution is -2.38. The third kappa shape index (κ3) is 3.14. The first-order chi connectivity index (χ1) is 9.11. The smallest absolute Gasteiger partial charge is 0.188 e. The van der Waals surface area contributed by atoms with Gasteiger partial charge in [-0.3, -0.25) is 4.98 Å². The van der Waals surface area contributed by atoms with Gasteiger partial charge in [0.2, 0.25) is 0 Å². The number of nitrogens with two attached hydrogens (primary N) is 1. The van der Waals surface area contributed by atoms with Crippen molar-refractivity contribution in [1.29, 1.82) is 0 Å². The van der Waals surface area contributed by atoms with Crippen molar-refractivity contribution in [3.8, 4) is 0 Å². The fourth-order valence-electron chi connectivity index (χ4n) is 2.51. The number of hydrogen-bond acceptors (Lipinski definition) is 5. The molecule has 0 bridgehead atoms. The van der Waals surface area contributed by atoms with E-state index >= 15 is 0 Å². The fourth-order valence-corrected chi connectivity index (χ4v) is 2.51. The van der Waals surface area contributed by atoms with E-state index in [2.05, 4.69) is 33.9 Å². The Morgan fingerprint density at radius 3 is 2.89 bits per heavy atom. The fraction of sp³-hybridized carbons (Fsp3) is 0.538. The van der Waals surface area contributed by atoms with Gasteiger partial charge < -0.3 is 20.7 Å². The highest BCUT2D eigenvalue weighted by Crippen LogP contribution is 2.19. The van der Waals surface area contributed by atoms with E-state index < -0.39 is 0 Å². The molecule has 3 N–H and O–H groups in total. The molecule has 104 valence electrons. The summed E-state index contributed by atoms with van der Waals surface area (Å²) in [6.45, 7) is 5.41. The van der Waals surface area contributed by atoms with Gasteiger partial charge in [-0.05, 0) is 39.1 Å². The van der Waals surface area contributed by atoms with Crippen molar-refractivity contribution in [2.45, 2.75) is 19.4 Å². The topological polar surface area (TPSA) is 78.0 Å². The molecule has 1 aliphatic heterocycles. The molecule has 0 spiro atoms. The molecular formula is C13H21N5O. The monoisotopic (exact) mass is 263 g/mol. The molecule has 1 aromatic rings. The van der Waals surface area contributed by atoms with Crippen LogP contribution in [0.5, 0.6) is 0 Å². The lowest BCUT2D eigenvalue weighted by atomic mass is 10.2. The first-order valence-electron chi connectivity index (χ1n) is 6.51. The largest absolute Gasteiger partial charge is 0.409 e. The van der Waals surface area contributed by atoms with Crippen molar-refractivity contribution < 1.29 is 5.21 Å². The molecule has 6 nitrogen and oxygen atoms in total. The maximum absolute atomic E-state index is 8.62. The van der Waals surface area contributed by atoms with Crippen LogP contribution in [0.4, 0.5) is 5.69 Å². The van der Waals surface area contributed by atoms with E-state index in [-0.39, 0.29) is 5.84 Å². The van der Waals surface area contributed by atoms with Crippen LogP contribution in [0, 0.1) is 0 Å². The molecule has 6 heteroatoms. The molecule has 1 saturated heterocycles. The average Bonchev–Trinajstić information content (AvgIpc) is 2.58. The molecule has 0 radical (unpaired) electrons. The molecule has 0 aromatic carbocycles. The zero-order valence-electron chi connectivity index (χ0n) is 11.5. The minimum atomic E-state index is 0.0372. The van der Waals surface area contributed by atoms with Gasteiger partial charge in [-0.2, -0.15) is 0 Å². The Kier molecular flexibility index (Phi) is 4.21. The molecule has 2 heterocycles. The number of pyridine rings is 1. The van der Waals surface area contributed by atoms with Crippen molar-refractivity contribution in [3.05, 3.63) is 24.0 Å². The summed E-state index contributed by atoms with van der Waals surface area (Å²) >= 11 is 0. The number of oxime groups is 1. The van der Waals surface area contributed by atoms with Crippen LogP contribution in [-0.4, -0.2) is 53.7 Å². The minimum Gasteiger partial charge on any atom is -0.409 e. The molecular weight excluding hydrogens is 242 g/mol. The second-order valence-electron chi connectivity index (χ2n) is 5.05. The number of amidine groups is 1. The summed E-state index contributed by atoms with van der Waals surface area (Å²) in [6, 6.07) is 4.21. The summed E-state index contributed by atoms with van der Waals surface area (Å²) in [5, 5.41) is 11.6. The molecule has 0 aliphatic carbocycles. The Morgan fingerprint density at radius 1 is 1.47 bits per heavy atom.